The Hall–Kier alpha value is -1.17. The maximum atomic E-state index is 13.1. The van der Waals surface area contributed by atoms with E-state index in [-0.39, 0.29) is 35.6 Å². The number of aliphatic hydroxyl groups excluding tert-OH is 1. The molecule has 22 heavy (non-hydrogen) atoms. The topological polar surface area (TPSA) is 61.4 Å². The number of hydrogen-bond donors (Lipinski definition) is 3. The molecule has 0 unspecified atom stereocenters. The highest BCUT2D eigenvalue weighted by Crippen LogP contribution is 2.23. The second kappa shape index (κ2) is 7.90. The lowest BCUT2D eigenvalue weighted by molar-refractivity contribution is -0.123. The van der Waals surface area contributed by atoms with Gasteiger partial charge in [0.2, 0.25) is 5.91 Å². The van der Waals surface area contributed by atoms with Crippen LogP contribution >= 0.6 is 12.4 Å². The third kappa shape index (κ3) is 5.23. The predicted molar refractivity (Wildman–Crippen MR) is 86.4 cm³/mol. The van der Waals surface area contributed by atoms with Crippen molar-refractivity contribution in [1.29, 1.82) is 0 Å². The van der Waals surface area contributed by atoms with Crippen LogP contribution in [0.2, 0.25) is 0 Å². The maximum Gasteiger partial charge on any atom is 0.223 e. The molecule has 1 fully saturated rings. The minimum atomic E-state index is -0.766. The summed E-state index contributed by atoms with van der Waals surface area (Å²) in [5.41, 5.74) is 0.289. The second-order valence-corrected chi connectivity index (χ2v) is 6.32. The van der Waals surface area contributed by atoms with Gasteiger partial charge in [-0.3, -0.25) is 4.79 Å². The molecule has 0 radical (unpaired) electrons. The number of aliphatic hydroxyl groups is 1. The van der Waals surface area contributed by atoms with E-state index in [1.54, 1.807) is 12.1 Å². The Balaban J connectivity index is 0.00000242. The molecule has 1 heterocycles. The summed E-state index contributed by atoms with van der Waals surface area (Å²) < 4.78 is 13.1. The van der Waals surface area contributed by atoms with Gasteiger partial charge in [-0.25, -0.2) is 4.39 Å². The summed E-state index contributed by atoms with van der Waals surface area (Å²) in [6.07, 6.45) is 0.808. The highest BCUT2D eigenvalue weighted by atomic mass is 35.5. The molecular formula is C16H24ClFN2O2. The van der Waals surface area contributed by atoms with Crippen LogP contribution in [-0.4, -0.2) is 29.6 Å². The zero-order valence-corrected chi connectivity index (χ0v) is 13.8. The minimum absolute atomic E-state index is 0. The van der Waals surface area contributed by atoms with Crippen molar-refractivity contribution in [2.75, 3.05) is 13.1 Å². The lowest BCUT2D eigenvalue weighted by Crippen LogP contribution is -2.44. The van der Waals surface area contributed by atoms with Gasteiger partial charge in [-0.05, 0) is 44.4 Å². The monoisotopic (exact) mass is 330 g/mol. The normalized spacial score (nSPS) is 19.5. The van der Waals surface area contributed by atoms with Crippen LogP contribution in [0.4, 0.5) is 4.39 Å². The number of amides is 1. The summed E-state index contributed by atoms with van der Waals surface area (Å²) in [6.45, 7) is 5.09. The predicted octanol–water partition coefficient (Wildman–Crippen LogP) is 2.18. The number of nitrogens with one attached hydrogen (secondary N) is 2. The standard InChI is InChI=1S/C16H23FN2O2.ClH/c1-16(2,9-12-6-7-18-15(12)21)19-10-14(20)11-4-3-5-13(17)8-11;/h3-5,8,12,14,19-20H,6-7,9-10H2,1-2H3,(H,18,21);1H/t12-,14+;/m1./s1. The average molecular weight is 331 g/mol. The van der Waals surface area contributed by atoms with Crippen LogP contribution < -0.4 is 10.6 Å². The van der Waals surface area contributed by atoms with Crippen LogP contribution in [0.1, 0.15) is 38.4 Å². The summed E-state index contributed by atoms with van der Waals surface area (Å²) in [7, 11) is 0. The average Bonchev–Trinajstić information content (AvgIpc) is 2.81. The van der Waals surface area contributed by atoms with Crippen LogP contribution in [0.15, 0.2) is 24.3 Å². The lowest BCUT2D eigenvalue weighted by Gasteiger charge is -2.29. The van der Waals surface area contributed by atoms with Gasteiger partial charge in [-0.1, -0.05) is 12.1 Å². The molecule has 0 bridgehead atoms. The molecule has 0 spiro atoms. The van der Waals surface area contributed by atoms with Crippen molar-refractivity contribution in [2.45, 2.75) is 38.3 Å². The Morgan fingerprint density at radius 3 is 2.82 bits per heavy atom. The van der Waals surface area contributed by atoms with Crippen LogP contribution in [0.5, 0.6) is 0 Å². The molecular weight excluding hydrogens is 307 g/mol. The summed E-state index contributed by atoms with van der Waals surface area (Å²) in [4.78, 5) is 11.6. The highest BCUT2D eigenvalue weighted by Gasteiger charge is 2.31. The van der Waals surface area contributed by atoms with E-state index in [0.29, 0.717) is 18.5 Å². The van der Waals surface area contributed by atoms with Gasteiger partial charge in [0.15, 0.2) is 0 Å². The first-order valence-corrected chi connectivity index (χ1v) is 7.34. The molecule has 3 N–H and O–H groups in total. The molecule has 1 amide bonds. The summed E-state index contributed by atoms with van der Waals surface area (Å²) in [5.74, 6) is -0.220. The van der Waals surface area contributed by atoms with Gasteiger partial charge in [0.25, 0.3) is 0 Å². The van der Waals surface area contributed by atoms with Crippen molar-refractivity contribution in [2.24, 2.45) is 5.92 Å². The van der Waals surface area contributed by atoms with Gasteiger partial charge in [0, 0.05) is 24.5 Å². The molecule has 1 aromatic carbocycles. The third-order valence-electron chi connectivity index (χ3n) is 3.93. The van der Waals surface area contributed by atoms with Gasteiger partial charge < -0.3 is 15.7 Å². The van der Waals surface area contributed by atoms with Crippen molar-refractivity contribution >= 4 is 18.3 Å². The molecule has 2 rings (SSSR count). The van der Waals surface area contributed by atoms with Crippen molar-refractivity contribution in [3.8, 4) is 0 Å². The first-order chi connectivity index (χ1) is 9.87. The Labute approximate surface area is 136 Å². The molecule has 1 aromatic rings. The fourth-order valence-corrected chi connectivity index (χ4v) is 2.73. The van der Waals surface area contributed by atoms with Gasteiger partial charge in [-0.15, -0.1) is 12.4 Å². The number of rotatable bonds is 6. The number of β-amino-alcohol motifs (C(OH)–C–C–N with tert-alkyl or cyclic N) is 1. The number of carbonyl (C=O) groups excluding carboxylic acids is 1. The van der Waals surface area contributed by atoms with E-state index in [9.17, 15) is 14.3 Å². The quantitative estimate of drug-likeness (QED) is 0.749. The van der Waals surface area contributed by atoms with E-state index < -0.39 is 6.10 Å². The number of carbonyl (C=O) groups is 1. The molecule has 0 saturated carbocycles. The van der Waals surface area contributed by atoms with E-state index in [1.165, 1.54) is 12.1 Å². The second-order valence-electron chi connectivity index (χ2n) is 6.32. The smallest absolute Gasteiger partial charge is 0.223 e. The third-order valence-corrected chi connectivity index (χ3v) is 3.93. The molecule has 124 valence electrons. The summed E-state index contributed by atoms with van der Waals surface area (Å²) in [6, 6.07) is 5.98. The first kappa shape index (κ1) is 18.9. The van der Waals surface area contributed by atoms with Crippen molar-refractivity contribution in [3.63, 3.8) is 0 Å². The zero-order valence-electron chi connectivity index (χ0n) is 12.9. The molecule has 1 aliphatic heterocycles. The lowest BCUT2D eigenvalue weighted by atomic mass is 9.89. The zero-order chi connectivity index (χ0) is 15.5. The number of hydrogen-bond acceptors (Lipinski definition) is 3. The van der Waals surface area contributed by atoms with Crippen molar-refractivity contribution < 1.29 is 14.3 Å². The highest BCUT2D eigenvalue weighted by molar-refractivity contribution is 5.85. The molecule has 0 aromatic heterocycles. The molecule has 2 atom stereocenters. The molecule has 6 heteroatoms. The van der Waals surface area contributed by atoms with Gasteiger partial charge >= 0.3 is 0 Å². The van der Waals surface area contributed by atoms with Crippen LogP contribution in [-0.2, 0) is 4.79 Å². The van der Waals surface area contributed by atoms with Crippen LogP contribution in [0.25, 0.3) is 0 Å². The molecule has 0 aliphatic carbocycles. The number of halogens is 2. The van der Waals surface area contributed by atoms with Gasteiger partial charge in [0.05, 0.1) is 6.10 Å². The molecule has 1 aliphatic rings. The fraction of sp³-hybridized carbons (Fsp3) is 0.562. The van der Waals surface area contributed by atoms with Crippen molar-refractivity contribution in [1.82, 2.24) is 10.6 Å². The largest absolute Gasteiger partial charge is 0.387 e. The minimum Gasteiger partial charge on any atom is -0.387 e. The molecule has 4 nitrogen and oxygen atoms in total. The fourth-order valence-electron chi connectivity index (χ4n) is 2.73. The molecule has 1 saturated heterocycles. The SMILES string of the molecule is CC(C)(C[C@H]1CCNC1=O)NC[C@H](O)c1cccc(F)c1.Cl. The van der Waals surface area contributed by atoms with Crippen molar-refractivity contribution in [3.05, 3.63) is 35.6 Å². The van der Waals surface area contributed by atoms with E-state index in [2.05, 4.69) is 10.6 Å². The van der Waals surface area contributed by atoms with E-state index >= 15 is 0 Å². The van der Waals surface area contributed by atoms with Gasteiger partial charge in [0.1, 0.15) is 5.82 Å². The van der Waals surface area contributed by atoms with E-state index in [0.717, 1.165) is 13.0 Å². The Morgan fingerprint density at radius 1 is 1.50 bits per heavy atom. The van der Waals surface area contributed by atoms with E-state index in [4.69, 9.17) is 0 Å². The van der Waals surface area contributed by atoms with E-state index in [1.807, 2.05) is 13.8 Å². The number of benzene rings is 1. The van der Waals surface area contributed by atoms with Crippen LogP contribution in [0, 0.1) is 11.7 Å². The van der Waals surface area contributed by atoms with Gasteiger partial charge in [-0.2, -0.15) is 0 Å². The Bertz CT molecular complexity index is 511. The Kier molecular flexibility index (Phi) is 6.78. The Morgan fingerprint density at radius 2 is 2.23 bits per heavy atom. The maximum absolute atomic E-state index is 13.1. The first-order valence-electron chi connectivity index (χ1n) is 7.34. The van der Waals surface area contributed by atoms with Crippen LogP contribution in [0.3, 0.4) is 0 Å². The summed E-state index contributed by atoms with van der Waals surface area (Å²) in [5, 5.41) is 16.2. The summed E-state index contributed by atoms with van der Waals surface area (Å²) >= 11 is 0.